The van der Waals surface area contributed by atoms with E-state index in [4.69, 9.17) is 10.00 Å². The number of nitrogens with zero attached hydrogens (tertiary/aromatic N) is 1. The summed E-state index contributed by atoms with van der Waals surface area (Å²) >= 11 is 0. The molecule has 0 radical (unpaired) electrons. The maximum atomic E-state index is 8.96. The molecule has 3 nitrogen and oxygen atoms in total. The van der Waals surface area contributed by atoms with E-state index in [2.05, 4.69) is 18.3 Å². The zero-order chi connectivity index (χ0) is 13.7. The van der Waals surface area contributed by atoms with Crippen molar-refractivity contribution in [2.24, 2.45) is 5.92 Å². The van der Waals surface area contributed by atoms with E-state index in [1.807, 2.05) is 12.1 Å². The summed E-state index contributed by atoms with van der Waals surface area (Å²) in [6, 6.07) is 8.28. The van der Waals surface area contributed by atoms with E-state index in [-0.39, 0.29) is 0 Å². The normalized spacial score (nSPS) is 17.1. The van der Waals surface area contributed by atoms with Crippen molar-refractivity contribution in [2.45, 2.75) is 45.2 Å². The van der Waals surface area contributed by atoms with Gasteiger partial charge in [-0.25, -0.2) is 0 Å². The van der Waals surface area contributed by atoms with Crippen LogP contribution in [0.15, 0.2) is 18.2 Å². The summed E-state index contributed by atoms with van der Waals surface area (Å²) in [5, 5.41) is 12.5. The molecule has 0 aliphatic heterocycles. The second kappa shape index (κ2) is 6.58. The van der Waals surface area contributed by atoms with Crippen molar-refractivity contribution in [3.8, 4) is 11.8 Å². The molecule has 0 unspecified atom stereocenters. The van der Waals surface area contributed by atoms with Crippen LogP contribution in [0.2, 0.25) is 0 Å². The number of methoxy groups -OCH3 is 1. The summed E-state index contributed by atoms with van der Waals surface area (Å²) in [7, 11) is 1.67. The molecule has 1 fully saturated rings. The fraction of sp³-hybridized carbons (Fsp3) is 0.562. The molecule has 0 amide bonds. The van der Waals surface area contributed by atoms with Crippen LogP contribution in [0, 0.1) is 17.2 Å². The molecule has 1 saturated carbocycles. The summed E-state index contributed by atoms with van der Waals surface area (Å²) in [5.41, 5.74) is 1.75. The quantitative estimate of drug-likeness (QED) is 0.882. The van der Waals surface area contributed by atoms with E-state index in [0.29, 0.717) is 11.6 Å². The Morgan fingerprint density at radius 1 is 1.42 bits per heavy atom. The fourth-order valence-corrected chi connectivity index (χ4v) is 2.88. The number of ether oxygens (including phenoxy) is 1. The molecule has 0 spiro atoms. The molecule has 3 heteroatoms. The highest BCUT2D eigenvalue weighted by atomic mass is 16.5. The molecular formula is C16H22N2O. The van der Waals surface area contributed by atoms with Crippen molar-refractivity contribution in [3.05, 3.63) is 29.3 Å². The van der Waals surface area contributed by atoms with E-state index in [1.165, 1.54) is 25.7 Å². The maximum Gasteiger partial charge on any atom is 0.123 e. The summed E-state index contributed by atoms with van der Waals surface area (Å²) in [4.78, 5) is 0. The van der Waals surface area contributed by atoms with Crippen LogP contribution in [0.4, 0.5) is 0 Å². The lowest BCUT2D eigenvalue weighted by molar-refractivity contribution is 0.371. The lowest BCUT2D eigenvalue weighted by Gasteiger charge is -2.21. The minimum atomic E-state index is 0.526. The summed E-state index contributed by atoms with van der Waals surface area (Å²) < 4.78 is 5.35. The molecule has 0 bridgehead atoms. The standard InChI is InChI=1S/C16H22N2O/c1-12(14-5-3-4-6-14)18-11-15-9-13(10-17)7-8-16(15)19-2/h7-9,12,14,18H,3-6,11H2,1-2H3/t12-/m0/s1. The summed E-state index contributed by atoms with van der Waals surface area (Å²) in [6.07, 6.45) is 5.40. The number of rotatable bonds is 5. The zero-order valence-corrected chi connectivity index (χ0v) is 11.8. The molecule has 2 rings (SSSR count). The Kier molecular flexibility index (Phi) is 4.81. The highest BCUT2D eigenvalue weighted by Crippen LogP contribution is 2.28. The topological polar surface area (TPSA) is 45.0 Å². The molecule has 102 valence electrons. The monoisotopic (exact) mass is 258 g/mol. The highest BCUT2D eigenvalue weighted by Gasteiger charge is 2.21. The molecule has 19 heavy (non-hydrogen) atoms. The number of benzene rings is 1. The van der Waals surface area contributed by atoms with Gasteiger partial charge in [0.05, 0.1) is 18.7 Å². The molecule has 0 aromatic heterocycles. The van der Waals surface area contributed by atoms with Gasteiger partial charge >= 0.3 is 0 Å². The SMILES string of the molecule is COc1ccc(C#N)cc1CN[C@@H](C)C1CCCC1. The van der Waals surface area contributed by atoms with Gasteiger partial charge in [0.25, 0.3) is 0 Å². The predicted molar refractivity (Wildman–Crippen MR) is 76.0 cm³/mol. The van der Waals surface area contributed by atoms with Crippen molar-refractivity contribution in [1.29, 1.82) is 5.26 Å². The number of hydrogen-bond acceptors (Lipinski definition) is 3. The van der Waals surface area contributed by atoms with Crippen LogP contribution in [0.5, 0.6) is 5.75 Å². The third-order valence-electron chi connectivity index (χ3n) is 4.13. The van der Waals surface area contributed by atoms with Crippen molar-refractivity contribution in [3.63, 3.8) is 0 Å². The molecular weight excluding hydrogens is 236 g/mol. The van der Waals surface area contributed by atoms with Crippen LogP contribution in [-0.4, -0.2) is 13.2 Å². The fourth-order valence-electron chi connectivity index (χ4n) is 2.88. The molecule has 1 aromatic rings. The first-order valence-electron chi connectivity index (χ1n) is 7.05. The highest BCUT2D eigenvalue weighted by molar-refractivity contribution is 5.42. The van der Waals surface area contributed by atoms with Crippen LogP contribution in [0.3, 0.4) is 0 Å². The van der Waals surface area contributed by atoms with Gasteiger partial charge in [-0.15, -0.1) is 0 Å². The van der Waals surface area contributed by atoms with E-state index in [9.17, 15) is 0 Å². The molecule has 0 heterocycles. The average Bonchev–Trinajstić information content (AvgIpc) is 2.98. The lowest BCUT2D eigenvalue weighted by atomic mass is 9.99. The lowest BCUT2D eigenvalue weighted by Crippen LogP contribution is -2.31. The van der Waals surface area contributed by atoms with Crippen LogP contribution >= 0.6 is 0 Å². The average molecular weight is 258 g/mol. The van der Waals surface area contributed by atoms with Crippen LogP contribution in [0.25, 0.3) is 0 Å². The van der Waals surface area contributed by atoms with Gasteiger partial charge in [-0.05, 0) is 43.9 Å². The van der Waals surface area contributed by atoms with Crippen molar-refractivity contribution < 1.29 is 4.74 Å². The number of hydrogen-bond donors (Lipinski definition) is 1. The molecule has 1 N–H and O–H groups in total. The Morgan fingerprint density at radius 3 is 2.79 bits per heavy atom. The van der Waals surface area contributed by atoms with Gasteiger partial charge in [0.1, 0.15) is 5.75 Å². The Hall–Kier alpha value is -1.53. The van der Waals surface area contributed by atoms with E-state index in [0.717, 1.165) is 23.8 Å². The Morgan fingerprint density at radius 2 is 2.16 bits per heavy atom. The Labute approximate surface area is 115 Å². The zero-order valence-electron chi connectivity index (χ0n) is 11.8. The van der Waals surface area contributed by atoms with Gasteiger partial charge in [-0.2, -0.15) is 5.26 Å². The first kappa shape index (κ1) is 13.9. The number of nitrogens with one attached hydrogen (secondary N) is 1. The van der Waals surface area contributed by atoms with Gasteiger partial charge in [-0.3, -0.25) is 0 Å². The maximum absolute atomic E-state index is 8.96. The predicted octanol–water partition coefficient (Wildman–Crippen LogP) is 3.24. The van der Waals surface area contributed by atoms with Gasteiger partial charge in [0.2, 0.25) is 0 Å². The number of nitriles is 1. The Balaban J connectivity index is 1.99. The van der Waals surface area contributed by atoms with Crippen LogP contribution < -0.4 is 10.1 Å². The summed E-state index contributed by atoms with van der Waals surface area (Å²) in [6.45, 7) is 3.02. The molecule has 1 aromatic carbocycles. The Bertz CT molecular complexity index is 458. The molecule has 1 aliphatic rings. The first-order valence-corrected chi connectivity index (χ1v) is 7.05. The van der Waals surface area contributed by atoms with Gasteiger partial charge in [0, 0.05) is 18.2 Å². The minimum Gasteiger partial charge on any atom is -0.496 e. The van der Waals surface area contributed by atoms with Gasteiger partial charge in [0.15, 0.2) is 0 Å². The van der Waals surface area contributed by atoms with Crippen LogP contribution in [-0.2, 0) is 6.54 Å². The van der Waals surface area contributed by atoms with Crippen LogP contribution in [0.1, 0.15) is 43.7 Å². The van der Waals surface area contributed by atoms with Gasteiger partial charge in [-0.1, -0.05) is 12.8 Å². The second-order valence-corrected chi connectivity index (χ2v) is 5.35. The summed E-state index contributed by atoms with van der Waals surface area (Å²) in [5.74, 6) is 1.65. The van der Waals surface area contributed by atoms with Crippen molar-refractivity contribution >= 4 is 0 Å². The minimum absolute atomic E-state index is 0.526. The molecule has 1 atom stereocenters. The first-order chi connectivity index (χ1) is 9.24. The smallest absolute Gasteiger partial charge is 0.123 e. The molecule has 0 saturated heterocycles. The largest absolute Gasteiger partial charge is 0.496 e. The van der Waals surface area contributed by atoms with E-state index >= 15 is 0 Å². The third kappa shape index (κ3) is 3.48. The molecule has 1 aliphatic carbocycles. The second-order valence-electron chi connectivity index (χ2n) is 5.35. The van der Waals surface area contributed by atoms with E-state index < -0.39 is 0 Å². The third-order valence-corrected chi connectivity index (χ3v) is 4.13. The van der Waals surface area contributed by atoms with Crippen molar-refractivity contribution in [1.82, 2.24) is 5.32 Å². The van der Waals surface area contributed by atoms with E-state index in [1.54, 1.807) is 13.2 Å². The van der Waals surface area contributed by atoms with Gasteiger partial charge < -0.3 is 10.1 Å². The van der Waals surface area contributed by atoms with Crippen molar-refractivity contribution in [2.75, 3.05) is 7.11 Å².